The van der Waals surface area contributed by atoms with Crippen molar-refractivity contribution in [3.8, 4) is 30.0 Å². The first-order chi connectivity index (χ1) is 11.6. The molecule has 0 saturated heterocycles. The fraction of sp³-hybridized carbons (Fsp3) is 0.176. The lowest BCUT2D eigenvalue weighted by atomic mass is 9.83. The lowest BCUT2D eigenvalue weighted by Crippen LogP contribution is -2.21. The van der Waals surface area contributed by atoms with E-state index in [-0.39, 0.29) is 12.5 Å². The average molecular weight is 385 g/mol. The van der Waals surface area contributed by atoms with E-state index < -0.39 is 5.92 Å². The molecule has 24 heavy (non-hydrogen) atoms. The number of H-pyrrole nitrogens is 1. The Morgan fingerprint density at radius 3 is 3.04 bits per heavy atom. The van der Waals surface area contributed by atoms with Gasteiger partial charge in [-0.15, -0.1) is 11.5 Å². The predicted octanol–water partition coefficient (Wildman–Crippen LogP) is 2.71. The smallest absolute Gasteiger partial charge is 0.244 e. The maximum Gasteiger partial charge on any atom is 0.244 e. The molecule has 1 atom stereocenters. The van der Waals surface area contributed by atoms with Gasteiger partial charge in [0, 0.05) is 21.3 Å². The van der Waals surface area contributed by atoms with Crippen molar-refractivity contribution in [2.75, 3.05) is 6.61 Å². The number of ether oxygens (including phenoxy) is 2. The van der Waals surface area contributed by atoms with Crippen molar-refractivity contribution in [3.05, 3.63) is 50.9 Å². The lowest BCUT2D eigenvalue weighted by molar-refractivity contribution is 0.359. The van der Waals surface area contributed by atoms with Crippen molar-refractivity contribution in [3.63, 3.8) is 0 Å². The van der Waals surface area contributed by atoms with E-state index in [0.29, 0.717) is 17.2 Å². The van der Waals surface area contributed by atoms with Gasteiger partial charge in [0.05, 0.1) is 5.92 Å². The Labute approximate surface area is 147 Å². The summed E-state index contributed by atoms with van der Waals surface area (Å²) in [5.74, 6) is 2.95. The SMILES string of the molecule is C#CCOc1ccc(Br)cc1C1C(C#N)=C(N)Oc2n[nH]c(C)c21. The highest BCUT2D eigenvalue weighted by Gasteiger charge is 2.35. The Kier molecular flexibility index (Phi) is 4.20. The van der Waals surface area contributed by atoms with Crippen LogP contribution in [-0.2, 0) is 0 Å². The zero-order chi connectivity index (χ0) is 17.3. The second-order valence-electron chi connectivity index (χ2n) is 5.17. The van der Waals surface area contributed by atoms with Crippen LogP contribution >= 0.6 is 15.9 Å². The number of aryl methyl sites for hydroxylation is 1. The molecule has 0 aliphatic carbocycles. The summed E-state index contributed by atoms with van der Waals surface area (Å²) in [7, 11) is 0. The summed E-state index contributed by atoms with van der Waals surface area (Å²) in [5, 5.41) is 16.6. The number of aromatic amines is 1. The number of nitriles is 1. The Morgan fingerprint density at radius 2 is 2.33 bits per heavy atom. The largest absolute Gasteiger partial charge is 0.481 e. The van der Waals surface area contributed by atoms with Gasteiger partial charge in [-0.05, 0) is 25.1 Å². The lowest BCUT2D eigenvalue weighted by Gasteiger charge is -2.25. The zero-order valence-electron chi connectivity index (χ0n) is 12.8. The number of rotatable bonds is 3. The molecule has 1 aromatic carbocycles. The van der Waals surface area contributed by atoms with E-state index in [0.717, 1.165) is 21.3 Å². The Hall–Kier alpha value is -2.90. The molecule has 0 amide bonds. The van der Waals surface area contributed by atoms with Gasteiger partial charge in [-0.1, -0.05) is 21.9 Å². The van der Waals surface area contributed by atoms with Crippen LogP contribution in [0.5, 0.6) is 11.6 Å². The monoisotopic (exact) mass is 384 g/mol. The molecule has 120 valence electrons. The van der Waals surface area contributed by atoms with Gasteiger partial charge < -0.3 is 15.2 Å². The van der Waals surface area contributed by atoms with Crippen LogP contribution in [0.1, 0.15) is 22.7 Å². The summed E-state index contributed by atoms with van der Waals surface area (Å²) in [4.78, 5) is 0. The molecule has 0 fully saturated rings. The van der Waals surface area contributed by atoms with Crippen molar-refractivity contribution >= 4 is 15.9 Å². The highest BCUT2D eigenvalue weighted by Crippen LogP contribution is 2.45. The van der Waals surface area contributed by atoms with Crippen LogP contribution in [0.3, 0.4) is 0 Å². The molecule has 1 aromatic heterocycles. The van der Waals surface area contributed by atoms with Gasteiger partial charge in [-0.25, -0.2) is 0 Å². The topological polar surface area (TPSA) is 96.9 Å². The molecule has 0 saturated carbocycles. The van der Waals surface area contributed by atoms with E-state index in [1.54, 1.807) is 6.07 Å². The van der Waals surface area contributed by atoms with Crippen LogP contribution < -0.4 is 15.2 Å². The molecule has 2 heterocycles. The molecule has 3 N–H and O–H groups in total. The molecule has 1 aliphatic heterocycles. The number of nitrogens with zero attached hydrogens (tertiary/aromatic N) is 2. The van der Waals surface area contributed by atoms with E-state index in [1.807, 2.05) is 19.1 Å². The number of aromatic nitrogens is 2. The number of nitrogens with two attached hydrogens (primary N) is 1. The highest BCUT2D eigenvalue weighted by atomic mass is 79.9. The fourth-order valence-corrected chi connectivity index (χ4v) is 3.08. The standard InChI is InChI=1S/C17H13BrN4O2/c1-3-6-23-13-5-4-10(18)7-11(13)15-12(8-19)16(20)24-17-14(15)9(2)21-22-17/h1,4-5,7,15H,6,20H2,2H3,(H,21,22). The van der Waals surface area contributed by atoms with Crippen LogP contribution in [0, 0.1) is 30.6 Å². The highest BCUT2D eigenvalue weighted by molar-refractivity contribution is 9.10. The molecule has 7 heteroatoms. The van der Waals surface area contributed by atoms with Crippen molar-refractivity contribution < 1.29 is 9.47 Å². The zero-order valence-corrected chi connectivity index (χ0v) is 14.3. The number of nitrogens with one attached hydrogen (secondary N) is 1. The van der Waals surface area contributed by atoms with Gasteiger partial charge >= 0.3 is 0 Å². The minimum Gasteiger partial charge on any atom is -0.481 e. The number of terminal acetylenes is 1. The molecule has 2 aromatic rings. The van der Waals surface area contributed by atoms with Gasteiger partial charge in [0.2, 0.25) is 11.8 Å². The maximum absolute atomic E-state index is 9.60. The first-order valence-corrected chi connectivity index (χ1v) is 7.84. The van der Waals surface area contributed by atoms with Gasteiger partial charge in [0.25, 0.3) is 0 Å². The van der Waals surface area contributed by atoms with E-state index in [2.05, 4.69) is 38.1 Å². The minimum absolute atomic E-state index is 0.0318. The quantitative estimate of drug-likeness (QED) is 0.792. The number of benzene rings is 1. The molecule has 6 nitrogen and oxygen atoms in total. The molecular formula is C17H13BrN4O2. The summed E-state index contributed by atoms with van der Waals surface area (Å²) in [6.45, 7) is 1.98. The molecule has 0 spiro atoms. The van der Waals surface area contributed by atoms with E-state index >= 15 is 0 Å². The second-order valence-corrected chi connectivity index (χ2v) is 6.08. The third-order valence-electron chi connectivity index (χ3n) is 3.72. The first-order valence-electron chi connectivity index (χ1n) is 7.05. The van der Waals surface area contributed by atoms with Gasteiger partial charge in [-0.2, -0.15) is 5.26 Å². The Morgan fingerprint density at radius 1 is 1.54 bits per heavy atom. The molecule has 1 aliphatic rings. The van der Waals surface area contributed by atoms with Crippen molar-refractivity contribution in [2.45, 2.75) is 12.8 Å². The summed E-state index contributed by atoms with van der Waals surface area (Å²) in [5.41, 5.74) is 8.53. The molecular weight excluding hydrogens is 372 g/mol. The summed E-state index contributed by atoms with van der Waals surface area (Å²) in [6, 6.07) is 7.66. The number of allylic oxidation sites excluding steroid dienone is 1. The van der Waals surface area contributed by atoms with Crippen molar-refractivity contribution in [1.29, 1.82) is 5.26 Å². The van der Waals surface area contributed by atoms with Crippen LogP contribution in [-0.4, -0.2) is 16.8 Å². The molecule has 1 unspecified atom stereocenters. The summed E-state index contributed by atoms with van der Waals surface area (Å²) in [6.07, 6.45) is 5.29. The predicted molar refractivity (Wildman–Crippen MR) is 91.1 cm³/mol. The summed E-state index contributed by atoms with van der Waals surface area (Å²) >= 11 is 3.46. The average Bonchev–Trinajstić information content (AvgIpc) is 2.93. The molecule has 0 bridgehead atoms. The molecule has 3 rings (SSSR count). The first kappa shape index (κ1) is 16.0. The van der Waals surface area contributed by atoms with Crippen LogP contribution in [0.15, 0.2) is 34.1 Å². The van der Waals surface area contributed by atoms with E-state index in [1.165, 1.54) is 0 Å². The third-order valence-corrected chi connectivity index (χ3v) is 4.22. The van der Waals surface area contributed by atoms with Crippen LogP contribution in [0.2, 0.25) is 0 Å². The van der Waals surface area contributed by atoms with Gasteiger partial charge in [0.15, 0.2) is 0 Å². The van der Waals surface area contributed by atoms with Crippen molar-refractivity contribution in [1.82, 2.24) is 10.2 Å². The van der Waals surface area contributed by atoms with Crippen LogP contribution in [0.25, 0.3) is 0 Å². The number of fused-ring (bicyclic) bond motifs is 1. The Balaban J connectivity index is 2.24. The third kappa shape index (κ3) is 2.60. The number of hydrogen-bond acceptors (Lipinski definition) is 5. The minimum atomic E-state index is -0.456. The van der Waals surface area contributed by atoms with E-state index in [4.69, 9.17) is 21.6 Å². The number of hydrogen-bond donors (Lipinski definition) is 2. The van der Waals surface area contributed by atoms with Crippen LogP contribution in [0.4, 0.5) is 0 Å². The maximum atomic E-state index is 9.60. The van der Waals surface area contributed by atoms with E-state index in [9.17, 15) is 5.26 Å². The van der Waals surface area contributed by atoms with Crippen molar-refractivity contribution in [2.24, 2.45) is 5.73 Å². The molecule has 0 radical (unpaired) electrons. The second kappa shape index (κ2) is 6.31. The normalized spacial score (nSPS) is 15.9. The van der Waals surface area contributed by atoms with Gasteiger partial charge in [0.1, 0.15) is 24.0 Å². The number of halogens is 1. The Bertz CT molecular complexity index is 918. The van der Waals surface area contributed by atoms with Gasteiger partial charge in [-0.3, -0.25) is 5.10 Å². The summed E-state index contributed by atoms with van der Waals surface area (Å²) < 4.78 is 12.0. The fourth-order valence-electron chi connectivity index (χ4n) is 2.71.